The lowest BCUT2D eigenvalue weighted by atomic mass is 10.1. The smallest absolute Gasteiger partial charge is 0.144 e. The molecule has 52 valence electrons. The van der Waals surface area contributed by atoms with Gasteiger partial charge in [-0.25, -0.2) is 0 Å². The maximum Gasteiger partial charge on any atom is 0.144 e. The number of hydrogen-bond acceptors (Lipinski definition) is 3. The van der Waals surface area contributed by atoms with Crippen LogP contribution >= 0.6 is 0 Å². The van der Waals surface area contributed by atoms with Gasteiger partial charge < -0.3 is 10.2 Å². The first-order chi connectivity index (χ1) is 4.97. The number of dihydropyridines is 1. The second kappa shape index (κ2) is 2.17. The van der Waals surface area contributed by atoms with Crippen molar-refractivity contribution < 1.29 is 4.84 Å². The molecular formula is C7H8N2O. The number of nitrogens with zero attached hydrogens (tertiary/aromatic N) is 1. The van der Waals surface area contributed by atoms with E-state index in [0.29, 0.717) is 6.61 Å². The van der Waals surface area contributed by atoms with E-state index in [1.54, 1.807) is 6.21 Å². The van der Waals surface area contributed by atoms with E-state index in [1.807, 2.05) is 6.20 Å². The number of oxime groups is 1. The fourth-order valence-corrected chi connectivity index (χ4v) is 1.03. The molecule has 2 aliphatic rings. The van der Waals surface area contributed by atoms with E-state index in [1.165, 1.54) is 11.1 Å². The Hall–Kier alpha value is -1.25. The molecule has 0 saturated carbocycles. The maximum atomic E-state index is 4.86. The quantitative estimate of drug-likeness (QED) is 0.523. The van der Waals surface area contributed by atoms with Gasteiger partial charge in [0.25, 0.3) is 0 Å². The summed E-state index contributed by atoms with van der Waals surface area (Å²) in [6.45, 7) is 1.49. The van der Waals surface area contributed by atoms with E-state index in [4.69, 9.17) is 4.84 Å². The summed E-state index contributed by atoms with van der Waals surface area (Å²) in [4.78, 5) is 4.86. The number of hydrogen-bond donors (Lipinski definition) is 1. The molecule has 0 aliphatic carbocycles. The van der Waals surface area contributed by atoms with Crippen molar-refractivity contribution in [1.82, 2.24) is 5.32 Å². The molecule has 2 rings (SSSR count). The SMILES string of the molecule is C1=NOCC2=CNCC=C12. The van der Waals surface area contributed by atoms with Crippen molar-refractivity contribution >= 4 is 6.21 Å². The lowest BCUT2D eigenvalue weighted by molar-refractivity contribution is 0.165. The van der Waals surface area contributed by atoms with Crippen LogP contribution < -0.4 is 5.32 Å². The van der Waals surface area contributed by atoms with E-state index < -0.39 is 0 Å². The highest BCUT2D eigenvalue weighted by atomic mass is 16.6. The summed E-state index contributed by atoms with van der Waals surface area (Å²) in [6, 6.07) is 0. The monoisotopic (exact) mass is 136 g/mol. The van der Waals surface area contributed by atoms with Crippen LogP contribution in [0.4, 0.5) is 0 Å². The third-order valence-corrected chi connectivity index (χ3v) is 1.57. The minimum absolute atomic E-state index is 0.593. The van der Waals surface area contributed by atoms with Gasteiger partial charge in [0, 0.05) is 23.9 Å². The van der Waals surface area contributed by atoms with Crippen LogP contribution in [-0.2, 0) is 4.84 Å². The minimum atomic E-state index is 0.593. The molecule has 2 aliphatic heterocycles. The van der Waals surface area contributed by atoms with Gasteiger partial charge in [0.05, 0.1) is 6.21 Å². The summed E-state index contributed by atoms with van der Waals surface area (Å²) in [6.07, 6.45) is 5.82. The molecule has 3 heteroatoms. The van der Waals surface area contributed by atoms with E-state index in [0.717, 1.165) is 6.54 Å². The van der Waals surface area contributed by atoms with Gasteiger partial charge >= 0.3 is 0 Å². The number of rotatable bonds is 0. The van der Waals surface area contributed by atoms with Gasteiger partial charge in [-0.15, -0.1) is 0 Å². The predicted molar refractivity (Wildman–Crippen MR) is 38.6 cm³/mol. The molecule has 0 saturated heterocycles. The molecule has 0 aromatic carbocycles. The van der Waals surface area contributed by atoms with Crippen molar-refractivity contribution in [3.8, 4) is 0 Å². The van der Waals surface area contributed by atoms with Crippen LogP contribution in [0.3, 0.4) is 0 Å². The van der Waals surface area contributed by atoms with Crippen molar-refractivity contribution in [2.24, 2.45) is 5.16 Å². The highest BCUT2D eigenvalue weighted by Crippen LogP contribution is 2.13. The first-order valence-electron chi connectivity index (χ1n) is 3.25. The van der Waals surface area contributed by atoms with Gasteiger partial charge in [-0.3, -0.25) is 0 Å². The van der Waals surface area contributed by atoms with E-state index in [9.17, 15) is 0 Å². The highest BCUT2D eigenvalue weighted by molar-refractivity contribution is 5.85. The van der Waals surface area contributed by atoms with Gasteiger partial charge in [-0.05, 0) is 0 Å². The van der Waals surface area contributed by atoms with E-state index in [2.05, 4.69) is 16.5 Å². The maximum absolute atomic E-state index is 4.86. The van der Waals surface area contributed by atoms with Gasteiger partial charge in [-0.2, -0.15) is 0 Å². The molecule has 0 aromatic rings. The zero-order valence-electron chi connectivity index (χ0n) is 5.50. The average Bonchev–Trinajstić information content (AvgIpc) is 2.05. The van der Waals surface area contributed by atoms with E-state index in [-0.39, 0.29) is 0 Å². The first kappa shape index (κ1) is 5.53. The Balaban J connectivity index is 2.33. The summed E-state index contributed by atoms with van der Waals surface area (Å²) in [5.74, 6) is 0. The van der Waals surface area contributed by atoms with Crippen LogP contribution in [-0.4, -0.2) is 19.4 Å². The van der Waals surface area contributed by atoms with Crippen LogP contribution in [0, 0.1) is 0 Å². The molecule has 2 heterocycles. The fourth-order valence-electron chi connectivity index (χ4n) is 1.03. The van der Waals surface area contributed by atoms with Crippen molar-refractivity contribution in [2.45, 2.75) is 0 Å². The summed E-state index contributed by atoms with van der Waals surface area (Å²) >= 11 is 0. The summed E-state index contributed by atoms with van der Waals surface area (Å²) in [5, 5.41) is 6.80. The molecule has 0 aromatic heterocycles. The zero-order chi connectivity index (χ0) is 6.81. The van der Waals surface area contributed by atoms with Crippen LogP contribution in [0.1, 0.15) is 0 Å². The van der Waals surface area contributed by atoms with Crippen LogP contribution in [0.15, 0.2) is 28.6 Å². The summed E-state index contributed by atoms with van der Waals surface area (Å²) in [7, 11) is 0. The molecule has 0 fully saturated rings. The Bertz CT molecular complexity index is 228. The largest absolute Gasteiger partial charge is 0.391 e. The second-order valence-corrected chi connectivity index (χ2v) is 2.25. The molecule has 0 radical (unpaired) electrons. The van der Waals surface area contributed by atoms with Crippen molar-refractivity contribution in [3.05, 3.63) is 23.4 Å². The molecular weight excluding hydrogens is 128 g/mol. The van der Waals surface area contributed by atoms with Gasteiger partial charge in [0.15, 0.2) is 0 Å². The topological polar surface area (TPSA) is 33.6 Å². The standard InChI is InChI=1S/C7H8N2O/c1-2-8-3-7-5-10-9-4-6(1)7/h1,3-4,8H,2,5H2. The summed E-state index contributed by atoms with van der Waals surface area (Å²) in [5.41, 5.74) is 2.37. The molecule has 3 nitrogen and oxygen atoms in total. The Morgan fingerprint density at radius 1 is 1.60 bits per heavy atom. The van der Waals surface area contributed by atoms with Crippen molar-refractivity contribution in [3.63, 3.8) is 0 Å². The van der Waals surface area contributed by atoms with Crippen LogP contribution in [0.5, 0.6) is 0 Å². The normalized spacial score (nSPS) is 21.6. The highest BCUT2D eigenvalue weighted by Gasteiger charge is 2.10. The zero-order valence-corrected chi connectivity index (χ0v) is 5.50. The Labute approximate surface area is 59.1 Å². The van der Waals surface area contributed by atoms with Gasteiger partial charge in [-0.1, -0.05) is 11.2 Å². The molecule has 10 heavy (non-hydrogen) atoms. The van der Waals surface area contributed by atoms with Gasteiger partial charge in [0.1, 0.15) is 6.61 Å². The van der Waals surface area contributed by atoms with Crippen LogP contribution in [0.25, 0.3) is 0 Å². The lowest BCUT2D eigenvalue weighted by Gasteiger charge is -2.15. The second-order valence-electron chi connectivity index (χ2n) is 2.25. The van der Waals surface area contributed by atoms with E-state index >= 15 is 0 Å². The summed E-state index contributed by atoms with van der Waals surface area (Å²) < 4.78 is 0. The molecule has 0 bridgehead atoms. The molecule has 0 atom stereocenters. The molecule has 0 spiro atoms. The number of fused-ring (bicyclic) bond motifs is 1. The van der Waals surface area contributed by atoms with Gasteiger partial charge in [0.2, 0.25) is 0 Å². The third-order valence-electron chi connectivity index (χ3n) is 1.57. The van der Waals surface area contributed by atoms with Crippen LogP contribution in [0.2, 0.25) is 0 Å². The Morgan fingerprint density at radius 2 is 2.60 bits per heavy atom. The number of nitrogens with one attached hydrogen (secondary N) is 1. The van der Waals surface area contributed by atoms with Crippen molar-refractivity contribution in [1.29, 1.82) is 0 Å². The minimum Gasteiger partial charge on any atom is -0.391 e. The Morgan fingerprint density at radius 3 is 3.50 bits per heavy atom. The Kier molecular flexibility index (Phi) is 1.20. The van der Waals surface area contributed by atoms with Crippen molar-refractivity contribution in [2.75, 3.05) is 13.2 Å². The predicted octanol–water partition coefficient (Wildman–Crippen LogP) is 0.416. The molecule has 0 amide bonds. The average molecular weight is 136 g/mol. The molecule has 0 unspecified atom stereocenters. The molecule has 1 N–H and O–H groups in total. The first-order valence-corrected chi connectivity index (χ1v) is 3.25. The fraction of sp³-hybridized carbons (Fsp3) is 0.286. The third kappa shape index (κ3) is 0.795. The lowest BCUT2D eigenvalue weighted by Crippen LogP contribution is -2.17.